The molecule has 1 saturated heterocycles. The number of amides is 3. The first-order valence-corrected chi connectivity index (χ1v) is 8.43. The predicted molar refractivity (Wildman–Crippen MR) is 87.1 cm³/mol. The van der Waals surface area contributed by atoms with Crippen LogP contribution in [-0.4, -0.2) is 59.9 Å². The topological polar surface area (TPSA) is 116 Å². The first-order valence-electron chi connectivity index (χ1n) is 8.43. The lowest BCUT2D eigenvalue weighted by Gasteiger charge is -2.31. The lowest BCUT2D eigenvalue weighted by atomic mass is 10.0. The highest BCUT2D eigenvalue weighted by Crippen LogP contribution is 2.16. The molecule has 1 aliphatic rings. The van der Waals surface area contributed by atoms with Crippen LogP contribution in [0.25, 0.3) is 0 Å². The van der Waals surface area contributed by atoms with E-state index in [1.165, 1.54) is 4.90 Å². The van der Waals surface area contributed by atoms with E-state index in [-0.39, 0.29) is 36.7 Å². The fourth-order valence-electron chi connectivity index (χ4n) is 2.61. The third-order valence-corrected chi connectivity index (χ3v) is 4.07. The zero-order valence-electron chi connectivity index (χ0n) is 14.2. The molecule has 0 saturated carbocycles. The number of carboxylic acid groups (broad SMARTS) is 1. The Bertz CT molecular complexity index is 467. The van der Waals surface area contributed by atoms with Crippen molar-refractivity contribution in [2.45, 2.75) is 57.4 Å². The van der Waals surface area contributed by atoms with Crippen molar-refractivity contribution in [1.82, 2.24) is 15.5 Å². The molecule has 24 heavy (non-hydrogen) atoms. The van der Waals surface area contributed by atoms with Crippen molar-refractivity contribution < 1.29 is 24.3 Å². The normalized spacial score (nSPS) is 17.5. The summed E-state index contributed by atoms with van der Waals surface area (Å²) in [6, 6.07) is -0.369. The van der Waals surface area contributed by atoms with Crippen LogP contribution in [0.1, 0.15) is 51.4 Å². The van der Waals surface area contributed by atoms with E-state index in [0.717, 1.165) is 19.3 Å². The summed E-state index contributed by atoms with van der Waals surface area (Å²) in [6.07, 6.45) is 4.49. The highest BCUT2D eigenvalue weighted by atomic mass is 16.4. The smallest absolute Gasteiger partial charge is 0.305 e. The van der Waals surface area contributed by atoms with E-state index in [1.807, 2.05) is 0 Å². The fourth-order valence-corrected chi connectivity index (χ4v) is 2.61. The number of piperidine rings is 1. The maximum Gasteiger partial charge on any atom is 0.305 e. The third kappa shape index (κ3) is 7.43. The summed E-state index contributed by atoms with van der Waals surface area (Å²) in [5, 5.41) is 13.8. The van der Waals surface area contributed by atoms with Gasteiger partial charge in [0.05, 0.1) is 6.42 Å². The van der Waals surface area contributed by atoms with Gasteiger partial charge in [-0.3, -0.25) is 19.2 Å². The first kappa shape index (κ1) is 19.9. The number of hydrogen-bond acceptors (Lipinski definition) is 4. The Morgan fingerprint density at radius 1 is 1.12 bits per heavy atom. The summed E-state index contributed by atoms with van der Waals surface area (Å²) in [6.45, 7) is 0.676. The Balaban J connectivity index is 2.05. The van der Waals surface area contributed by atoms with Crippen molar-refractivity contribution in [2.75, 3.05) is 20.1 Å². The third-order valence-electron chi connectivity index (χ3n) is 4.07. The van der Waals surface area contributed by atoms with Gasteiger partial charge >= 0.3 is 5.97 Å². The summed E-state index contributed by atoms with van der Waals surface area (Å²) in [5.41, 5.74) is 0. The lowest BCUT2D eigenvalue weighted by Crippen LogP contribution is -2.50. The van der Waals surface area contributed by atoms with Gasteiger partial charge in [-0.25, -0.2) is 0 Å². The number of nitrogens with one attached hydrogen (secondary N) is 2. The molecule has 0 aromatic heterocycles. The molecule has 0 aliphatic carbocycles. The Kier molecular flexibility index (Phi) is 8.81. The summed E-state index contributed by atoms with van der Waals surface area (Å²) >= 11 is 0. The van der Waals surface area contributed by atoms with Gasteiger partial charge in [-0.05, 0) is 25.7 Å². The average molecular weight is 341 g/mol. The molecule has 1 rings (SSSR count). The van der Waals surface area contributed by atoms with E-state index in [1.54, 1.807) is 7.05 Å². The molecular formula is C16H27N3O5. The highest BCUT2D eigenvalue weighted by molar-refractivity contribution is 5.88. The van der Waals surface area contributed by atoms with Gasteiger partial charge < -0.3 is 20.6 Å². The molecule has 0 bridgehead atoms. The number of likely N-dealkylation sites (tertiary alicyclic amines) is 1. The molecule has 136 valence electrons. The van der Waals surface area contributed by atoms with Crippen molar-refractivity contribution in [3.8, 4) is 0 Å². The van der Waals surface area contributed by atoms with Crippen LogP contribution < -0.4 is 10.6 Å². The number of aliphatic carboxylic acids is 1. The molecule has 0 aromatic carbocycles. The Hall–Kier alpha value is -2.12. The average Bonchev–Trinajstić information content (AvgIpc) is 2.52. The molecule has 1 atom stereocenters. The van der Waals surface area contributed by atoms with E-state index >= 15 is 0 Å². The number of carbonyl (C=O) groups is 4. The van der Waals surface area contributed by atoms with Crippen LogP contribution in [0.3, 0.4) is 0 Å². The highest BCUT2D eigenvalue weighted by Gasteiger charge is 2.29. The minimum absolute atomic E-state index is 0.00955. The van der Waals surface area contributed by atoms with Crippen molar-refractivity contribution in [2.24, 2.45) is 0 Å². The van der Waals surface area contributed by atoms with E-state index in [4.69, 9.17) is 5.11 Å². The van der Waals surface area contributed by atoms with Crippen LogP contribution in [0.5, 0.6) is 0 Å². The van der Waals surface area contributed by atoms with E-state index in [9.17, 15) is 19.2 Å². The van der Waals surface area contributed by atoms with Crippen LogP contribution in [-0.2, 0) is 19.2 Å². The quantitative estimate of drug-likeness (QED) is 0.493. The molecule has 3 amide bonds. The van der Waals surface area contributed by atoms with Crippen LogP contribution >= 0.6 is 0 Å². The number of unbranched alkanes of at least 4 members (excludes halogenated alkanes) is 2. The van der Waals surface area contributed by atoms with E-state index < -0.39 is 5.97 Å². The largest absolute Gasteiger partial charge is 0.481 e. The SMILES string of the molecule is CN1C(=O)CCCC1C(=O)NCCCCCC(=O)NCCC(=O)O. The summed E-state index contributed by atoms with van der Waals surface area (Å²) in [5.74, 6) is -1.19. The minimum atomic E-state index is -0.934. The van der Waals surface area contributed by atoms with Crippen LogP contribution in [0.2, 0.25) is 0 Å². The Morgan fingerprint density at radius 2 is 1.88 bits per heavy atom. The summed E-state index contributed by atoms with van der Waals surface area (Å²) in [4.78, 5) is 46.9. The number of nitrogens with zero attached hydrogens (tertiary/aromatic N) is 1. The molecule has 1 fully saturated rings. The van der Waals surface area contributed by atoms with Crippen LogP contribution in [0.4, 0.5) is 0 Å². The molecule has 3 N–H and O–H groups in total. The predicted octanol–water partition coefficient (Wildman–Crippen LogP) is 0.265. The van der Waals surface area contributed by atoms with E-state index in [2.05, 4.69) is 10.6 Å². The molecule has 1 heterocycles. The van der Waals surface area contributed by atoms with Gasteiger partial charge in [-0.1, -0.05) is 6.42 Å². The maximum absolute atomic E-state index is 12.1. The second-order valence-electron chi connectivity index (χ2n) is 6.01. The first-order chi connectivity index (χ1) is 11.4. The molecule has 8 heteroatoms. The van der Waals surface area contributed by atoms with Gasteiger partial charge in [0.15, 0.2) is 0 Å². The standard InChI is InChI=1S/C16H27N3O5/c1-19-12(6-5-8-14(19)21)16(24)18-10-4-2-3-7-13(20)17-11-9-15(22)23/h12H,2-11H2,1H3,(H,17,20)(H,18,24)(H,22,23). The zero-order valence-corrected chi connectivity index (χ0v) is 14.2. The van der Waals surface area contributed by atoms with Crippen molar-refractivity contribution in [1.29, 1.82) is 0 Å². The molecule has 0 spiro atoms. The molecular weight excluding hydrogens is 314 g/mol. The Morgan fingerprint density at radius 3 is 2.58 bits per heavy atom. The maximum atomic E-state index is 12.1. The molecule has 1 aliphatic heterocycles. The summed E-state index contributed by atoms with van der Waals surface area (Å²) in [7, 11) is 1.66. The number of rotatable bonds is 10. The second-order valence-corrected chi connectivity index (χ2v) is 6.01. The summed E-state index contributed by atoms with van der Waals surface area (Å²) < 4.78 is 0. The van der Waals surface area contributed by atoms with Gasteiger partial charge in [-0.2, -0.15) is 0 Å². The van der Waals surface area contributed by atoms with Crippen molar-refractivity contribution >= 4 is 23.7 Å². The number of likely N-dealkylation sites (N-methyl/N-ethyl adjacent to an activating group) is 1. The molecule has 1 unspecified atom stereocenters. The van der Waals surface area contributed by atoms with Gasteiger partial charge in [0.2, 0.25) is 17.7 Å². The molecule has 0 radical (unpaired) electrons. The Labute approximate surface area is 142 Å². The fraction of sp³-hybridized carbons (Fsp3) is 0.750. The van der Waals surface area contributed by atoms with Crippen molar-refractivity contribution in [3.05, 3.63) is 0 Å². The monoisotopic (exact) mass is 341 g/mol. The second kappa shape index (κ2) is 10.6. The van der Waals surface area contributed by atoms with Gasteiger partial charge in [0, 0.05) is 33.0 Å². The van der Waals surface area contributed by atoms with Crippen LogP contribution in [0, 0.1) is 0 Å². The molecule has 0 aromatic rings. The lowest BCUT2D eigenvalue weighted by molar-refractivity contribution is -0.141. The van der Waals surface area contributed by atoms with Crippen molar-refractivity contribution in [3.63, 3.8) is 0 Å². The van der Waals surface area contributed by atoms with E-state index in [0.29, 0.717) is 32.2 Å². The zero-order chi connectivity index (χ0) is 17.9. The minimum Gasteiger partial charge on any atom is -0.481 e. The molecule has 8 nitrogen and oxygen atoms in total. The van der Waals surface area contributed by atoms with Gasteiger partial charge in [-0.15, -0.1) is 0 Å². The number of hydrogen-bond donors (Lipinski definition) is 3. The number of carboxylic acids is 1. The van der Waals surface area contributed by atoms with Gasteiger partial charge in [0.25, 0.3) is 0 Å². The van der Waals surface area contributed by atoms with Gasteiger partial charge in [0.1, 0.15) is 6.04 Å². The number of carbonyl (C=O) groups excluding carboxylic acids is 3. The van der Waals surface area contributed by atoms with Crippen LogP contribution in [0.15, 0.2) is 0 Å².